The number of piperazine rings is 1. The first-order chi connectivity index (χ1) is 10.8. The summed E-state index contributed by atoms with van der Waals surface area (Å²) in [7, 11) is 1.74. The normalized spacial score (nSPS) is 19.1. The highest BCUT2D eigenvalue weighted by molar-refractivity contribution is 5.36. The molecule has 1 aromatic heterocycles. The molecule has 0 radical (unpaired) electrons. The maximum absolute atomic E-state index is 5.54. The minimum atomic E-state index is 0.313. The van der Waals surface area contributed by atoms with Crippen LogP contribution < -0.4 is 10.1 Å². The Hall–Kier alpha value is -1.91. The largest absolute Gasteiger partial charge is 0.496 e. The quantitative estimate of drug-likeness (QED) is 0.941. The molecule has 1 aliphatic rings. The molecule has 2 heterocycles. The first-order valence-electron chi connectivity index (χ1n) is 7.77. The van der Waals surface area contributed by atoms with Crippen LogP contribution in [0.4, 0.5) is 0 Å². The highest BCUT2D eigenvalue weighted by Crippen LogP contribution is 2.30. The van der Waals surface area contributed by atoms with E-state index in [4.69, 9.17) is 4.74 Å². The number of hydrogen-bond acceptors (Lipinski definition) is 4. The molecule has 0 amide bonds. The molecule has 4 heteroatoms. The zero-order valence-electron chi connectivity index (χ0n) is 13.2. The van der Waals surface area contributed by atoms with Crippen LogP contribution in [0.25, 0.3) is 0 Å². The molecule has 0 bridgehead atoms. The molecule has 1 unspecified atom stereocenters. The Morgan fingerprint density at radius 1 is 1.27 bits per heavy atom. The highest BCUT2D eigenvalue weighted by Gasteiger charge is 2.26. The zero-order chi connectivity index (χ0) is 15.4. The first kappa shape index (κ1) is 15.0. The van der Waals surface area contributed by atoms with E-state index in [0.29, 0.717) is 6.04 Å². The summed E-state index contributed by atoms with van der Waals surface area (Å²) in [5, 5.41) is 3.49. The summed E-state index contributed by atoms with van der Waals surface area (Å²) in [6, 6.07) is 12.9. The number of benzene rings is 1. The molecule has 1 aliphatic heterocycles. The van der Waals surface area contributed by atoms with Gasteiger partial charge in [0, 0.05) is 37.9 Å². The van der Waals surface area contributed by atoms with E-state index in [0.717, 1.165) is 37.6 Å². The molecule has 116 valence electrons. The molecule has 4 nitrogen and oxygen atoms in total. The topological polar surface area (TPSA) is 37.4 Å². The molecule has 1 fully saturated rings. The molecule has 1 aromatic carbocycles. The SMILES string of the molecule is COc1ccccc1C1CNCCN1Cc1ccc(C)cn1. The number of ether oxygens (including phenoxy) is 1. The Balaban J connectivity index is 1.83. The second kappa shape index (κ2) is 6.90. The van der Waals surface area contributed by atoms with E-state index >= 15 is 0 Å². The average Bonchev–Trinajstić information content (AvgIpc) is 2.57. The fourth-order valence-corrected chi connectivity index (χ4v) is 2.98. The van der Waals surface area contributed by atoms with Gasteiger partial charge in [-0.1, -0.05) is 24.3 Å². The van der Waals surface area contributed by atoms with Gasteiger partial charge in [-0.2, -0.15) is 0 Å². The van der Waals surface area contributed by atoms with Gasteiger partial charge in [-0.3, -0.25) is 9.88 Å². The lowest BCUT2D eigenvalue weighted by Gasteiger charge is -2.36. The van der Waals surface area contributed by atoms with Crippen LogP contribution in [0.15, 0.2) is 42.6 Å². The van der Waals surface area contributed by atoms with Crippen LogP contribution in [-0.2, 0) is 6.54 Å². The van der Waals surface area contributed by atoms with E-state index in [-0.39, 0.29) is 0 Å². The molecule has 22 heavy (non-hydrogen) atoms. The molecule has 1 N–H and O–H groups in total. The number of para-hydroxylation sites is 1. The van der Waals surface area contributed by atoms with Gasteiger partial charge in [-0.15, -0.1) is 0 Å². The molecule has 0 spiro atoms. The van der Waals surface area contributed by atoms with Crippen molar-refractivity contribution in [1.29, 1.82) is 0 Å². The number of nitrogens with zero attached hydrogens (tertiary/aromatic N) is 2. The number of pyridine rings is 1. The van der Waals surface area contributed by atoms with Gasteiger partial charge in [0.2, 0.25) is 0 Å². The maximum atomic E-state index is 5.54. The molecule has 1 saturated heterocycles. The lowest BCUT2D eigenvalue weighted by atomic mass is 10.0. The summed E-state index contributed by atoms with van der Waals surface area (Å²) < 4.78 is 5.54. The molecule has 1 atom stereocenters. The summed E-state index contributed by atoms with van der Waals surface area (Å²) in [5.41, 5.74) is 3.56. The van der Waals surface area contributed by atoms with Crippen LogP contribution in [0.2, 0.25) is 0 Å². The zero-order valence-corrected chi connectivity index (χ0v) is 13.2. The van der Waals surface area contributed by atoms with Crippen molar-refractivity contribution in [1.82, 2.24) is 15.2 Å². The fraction of sp³-hybridized carbons (Fsp3) is 0.389. The van der Waals surface area contributed by atoms with Crippen LogP contribution in [0.5, 0.6) is 5.75 Å². The second-order valence-corrected chi connectivity index (χ2v) is 5.76. The predicted octanol–water partition coefficient (Wildman–Crippen LogP) is 2.55. The van der Waals surface area contributed by atoms with Crippen molar-refractivity contribution in [2.24, 2.45) is 0 Å². The van der Waals surface area contributed by atoms with Gasteiger partial charge in [-0.25, -0.2) is 0 Å². The maximum Gasteiger partial charge on any atom is 0.123 e. The van der Waals surface area contributed by atoms with E-state index < -0.39 is 0 Å². The van der Waals surface area contributed by atoms with E-state index in [9.17, 15) is 0 Å². The number of methoxy groups -OCH3 is 1. The van der Waals surface area contributed by atoms with Crippen molar-refractivity contribution in [2.45, 2.75) is 19.5 Å². The van der Waals surface area contributed by atoms with Crippen molar-refractivity contribution in [3.8, 4) is 5.75 Å². The minimum Gasteiger partial charge on any atom is -0.496 e. The minimum absolute atomic E-state index is 0.313. The van der Waals surface area contributed by atoms with Crippen LogP contribution in [-0.4, -0.2) is 36.6 Å². The van der Waals surface area contributed by atoms with Crippen molar-refractivity contribution < 1.29 is 4.74 Å². The Morgan fingerprint density at radius 3 is 2.91 bits per heavy atom. The predicted molar refractivity (Wildman–Crippen MR) is 88.0 cm³/mol. The number of aromatic nitrogens is 1. The van der Waals surface area contributed by atoms with Crippen LogP contribution in [0.3, 0.4) is 0 Å². The van der Waals surface area contributed by atoms with Crippen LogP contribution in [0.1, 0.15) is 22.9 Å². The molecular weight excluding hydrogens is 274 g/mol. The second-order valence-electron chi connectivity index (χ2n) is 5.76. The Bertz CT molecular complexity index is 612. The van der Waals surface area contributed by atoms with E-state index in [1.807, 2.05) is 18.3 Å². The number of hydrogen-bond donors (Lipinski definition) is 1. The van der Waals surface area contributed by atoms with Crippen LogP contribution >= 0.6 is 0 Å². The average molecular weight is 297 g/mol. The third-order valence-corrected chi connectivity index (χ3v) is 4.19. The van der Waals surface area contributed by atoms with E-state index in [1.54, 1.807) is 7.11 Å². The summed E-state index contributed by atoms with van der Waals surface area (Å²) >= 11 is 0. The summed E-state index contributed by atoms with van der Waals surface area (Å²) in [5.74, 6) is 0.957. The lowest BCUT2D eigenvalue weighted by Crippen LogP contribution is -2.45. The van der Waals surface area contributed by atoms with Crippen molar-refractivity contribution in [2.75, 3.05) is 26.7 Å². The van der Waals surface area contributed by atoms with Gasteiger partial charge in [0.15, 0.2) is 0 Å². The summed E-state index contributed by atoms with van der Waals surface area (Å²) in [6.45, 7) is 5.89. The van der Waals surface area contributed by atoms with Crippen molar-refractivity contribution >= 4 is 0 Å². The third-order valence-electron chi connectivity index (χ3n) is 4.19. The molecule has 3 rings (SSSR count). The number of rotatable bonds is 4. The standard InChI is InChI=1S/C18H23N3O/c1-14-7-8-15(20-11-14)13-21-10-9-19-12-17(21)16-5-3-4-6-18(16)22-2/h3-8,11,17,19H,9-10,12-13H2,1-2H3. The van der Waals surface area contributed by atoms with Gasteiger partial charge < -0.3 is 10.1 Å². The Morgan fingerprint density at radius 2 is 2.14 bits per heavy atom. The fourth-order valence-electron chi connectivity index (χ4n) is 2.98. The summed E-state index contributed by atoms with van der Waals surface area (Å²) in [6.07, 6.45) is 1.94. The van der Waals surface area contributed by atoms with Gasteiger partial charge >= 0.3 is 0 Å². The number of nitrogens with one attached hydrogen (secondary N) is 1. The Kier molecular flexibility index (Phi) is 4.71. The first-order valence-corrected chi connectivity index (χ1v) is 7.77. The molecule has 2 aromatic rings. The lowest BCUT2D eigenvalue weighted by molar-refractivity contribution is 0.149. The monoisotopic (exact) mass is 297 g/mol. The van der Waals surface area contributed by atoms with Crippen molar-refractivity contribution in [3.63, 3.8) is 0 Å². The Labute approximate surface area is 132 Å². The van der Waals surface area contributed by atoms with Gasteiger partial charge in [0.25, 0.3) is 0 Å². The molecule has 0 aliphatic carbocycles. The molecular formula is C18H23N3O. The van der Waals surface area contributed by atoms with E-state index in [1.165, 1.54) is 11.1 Å². The smallest absolute Gasteiger partial charge is 0.123 e. The van der Waals surface area contributed by atoms with Gasteiger partial charge in [-0.05, 0) is 24.6 Å². The van der Waals surface area contributed by atoms with Gasteiger partial charge in [0.1, 0.15) is 5.75 Å². The molecule has 0 saturated carbocycles. The van der Waals surface area contributed by atoms with Crippen LogP contribution in [0, 0.1) is 6.92 Å². The van der Waals surface area contributed by atoms with Gasteiger partial charge in [0.05, 0.1) is 18.8 Å². The summed E-state index contributed by atoms with van der Waals surface area (Å²) in [4.78, 5) is 7.03. The number of aryl methyl sites for hydroxylation is 1. The van der Waals surface area contributed by atoms with Crippen molar-refractivity contribution in [3.05, 3.63) is 59.4 Å². The highest BCUT2D eigenvalue weighted by atomic mass is 16.5. The third kappa shape index (κ3) is 3.29. The van der Waals surface area contributed by atoms with E-state index in [2.05, 4.69) is 46.4 Å².